The molecule has 1 atom stereocenters. The lowest BCUT2D eigenvalue weighted by molar-refractivity contribution is 0.869. The predicted molar refractivity (Wildman–Crippen MR) is 52.0 cm³/mol. The van der Waals surface area contributed by atoms with Crippen LogP contribution in [0.5, 0.6) is 0 Å². The van der Waals surface area contributed by atoms with E-state index < -0.39 is 0 Å². The van der Waals surface area contributed by atoms with E-state index in [4.69, 9.17) is 0 Å². The van der Waals surface area contributed by atoms with E-state index >= 15 is 0 Å². The third-order valence-corrected chi connectivity index (χ3v) is 2.67. The summed E-state index contributed by atoms with van der Waals surface area (Å²) < 4.78 is 0. The fourth-order valence-electron chi connectivity index (χ4n) is 1.67. The zero-order valence-electron chi connectivity index (χ0n) is 7.54. The third kappa shape index (κ3) is 1.08. The highest BCUT2D eigenvalue weighted by Gasteiger charge is 2.14. The van der Waals surface area contributed by atoms with Crippen LogP contribution in [0.3, 0.4) is 0 Å². The fourth-order valence-corrected chi connectivity index (χ4v) is 1.67. The molecule has 0 aromatic heterocycles. The SMILES string of the molecule is CC1=C[CH]c2ccccc2C1C. The number of hydrogen-bond acceptors (Lipinski definition) is 0. The number of benzene rings is 1. The smallest absolute Gasteiger partial charge is 0.0127 e. The molecule has 0 N–H and O–H groups in total. The van der Waals surface area contributed by atoms with Crippen molar-refractivity contribution in [3.05, 3.63) is 53.5 Å². The first-order valence-electron chi connectivity index (χ1n) is 4.39. The van der Waals surface area contributed by atoms with Crippen LogP contribution in [-0.4, -0.2) is 0 Å². The zero-order chi connectivity index (χ0) is 8.55. The monoisotopic (exact) mass is 157 g/mol. The van der Waals surface area contributed by atoms with Gasteiger partial charge in [0.25, 0.3) is 0 Å². The van der Waals surface area contributed by atoms with Gasteiger partial charge in [0.05, 0.1) is 0 Å². The average Bonchev–Trinajstić information content (AvgIpc) is 2.12. The molecule has 0 bridgehead atoms. The molecule has 1 aromatic carbocycles. The van der Waals surface area contributed by atoms with Crippen molar-refractivity contribution in [2.24, 2.45) is 0 Å². The second kappa shape index (κ2) is 2.78. The van der Waals surface area contributed by atoms with Crippen LogP contribution in [0.2, 0.25) is 0 Å². The lowest BCUT2D eigenvalue weighted by atomic mass is 9.84. The summed E-state index contributed by atoms with van der Waals surface area (Å²) >= 11 is 0. The van der Waals surface area contributed by atoms with Crippen molar-refractivity contribution in [3.8, 4) is 0 Å². The van der Waals surface area contributed by atoms with Crippen molar-refractivity contribution in [1.29, 1.82) is 0 Å². The van der Waals surface area contributed by atoms with E-state index in [0.717, 1.165) is 0 Å². The topological polar surface area (TPSA) is 0 Å². The standard InChI is InChI=1S/C12H13/c1-9-7-8-11-5-3-4-6-12(11)10(9)2/h3-8,10H,1-2H3. The molecular weight excluding hydrogens is 144 g/mol. The minimum Gasteiger partial charge on any atom is -0.0765 e. The summed E-state index contributed by atoms with van der Waals surface area (Å²) in [6, 6.07) is 8.60. The molecule has 0 amide bonds. The van der Waals surface area contributed by atoms with Gasteiger partial charge >= 0.3 is 0 Å². The summed E-state index contributed by atoms with van der Waals surface area (Å²) in [4.78, 5) is 0. The van der Waals surface area contributed by atoms with Gasteiger partial charge in [-0.25, -0.2) is 0 Å². The van der Waals surface area contributed by atoms with E-state index in [9.17, 15) is 0 Å². The average molecular weight is 157 g/mol. The lowest BCUT2D eigenvalue weighted by Gasteiger charge is -2.21. The minimum absolute atomic E-state index is 0.589. The van der Waals surface area contributed by atoms with E-state index in [1.807, 2.05) is 0 Å². The van der Waals surface area contributed by atoms with Crippen LogP contribution in [0.4, 0.5) is 0 Å². The first-order valence-corrected chi connectivity index (χ1v) is 4.39. The van der Waals surface area contributed by atoms with Gasteiger partial charge in [-0.2, -0.15) is 0 Å². The largest absolute Gasteiger partial charge is 0.0765 e. The summed E-state index contributed by atoms with van der Waals surface area (Å²) in [6.07, 6.45) is 4.41. The summed E-state index contributed by atoms with van der Waals surface area (Å²) in [7, 11) is 0. The quantitative estimate of drug-likeness (QED) is 0.542. The van der Waals surface area contributed by atoms with Gasteiger partial charge < -0.3 is 0 Å². The second-order valence-electron chi connectivity index (χ2n) is 3.43. The van der Waals surface area contributed by atoms with Crippen molar-refractivity contribution < 1.29 is 0 Å². The molecule has 1 aliphatic rings. The van der Waals surface area contributed by atoms with Crippen molar-refractivity contribution in [2.75, 3.05) is 0 Å². The molecule has 0 fully saturated rings. The van der Waals surface area contributed by atoms with Crippen LogP contribution in [0.15, 0.2) is 35.9 Å². The van der Waals surface area contributed by atoms with E-state index in [1.165, 1.54) is 16.7 Å². The number of rotatable bonds is 0. The van der Waals surface area contributed by atoms with Crippen LogP contribution in [-0.2, 0) is 0 Å². The molecule has 0 aliphatic heterocycles. The van der Waals surface area contributed by atoms with E-state index in [-0.39, 0.29) is 0 Å². The van der Waals surface area contributed by atoms with Gasteiger partial charge in [0.15, 0.2) is 0 Å². The fraction of sp³-hybridized carbons (Fsp3) is 0.250. The number of fused-ring (bicyclic) bond motifs is 1. The molecule has 61 valence electrons. The highest BCUT2D eigenvalue weighted by atomic mass is 14.2. The van der Waals surface area contributed by atoms with Gasteiger partial charge in [-0.15, -0.1) is 0 Å². The summed E-state index contributed by atoms with van der Waals surface area (Å²) in [5, 5.41) is 0. The Morgan fingerprint density at radius 1 is 1.17 bits per heavy atom. The van der Waals surface area contributed by atoms with Gasteiger partial charge in [-0.1, -0.05) is 42.8 Å². The molecule has 2 rings (SSSR count). The Morgan fingerprint density at radius 3 is 2.75 bits per heavy atom. The molecular formula is C12H13. The maximum Gasteiger partial charge on any atom is 0.0127 e. The minimum atomic E-state index is 0.589. The van der Waals surface area contributed by atoms with Gasteiger partial charge in [0.1, 0.15) is 0 Å². The Kier molecular flexibility index (Phi) is 1.76. The van der Waals surface area contributed by atoms with E-state index in [0.29, 0.717) is 5.92 Å². The van der Waals surface area contributed by atoms with Crippen LogP contribution in [0.25, 0.3) is 0 Å². The molecule has 1 aliphatic carbocycles. The van der Waals surface area contributed by atoms with Crippen LogP contribution in [0, 0.1) is 6.42 Å². The van der Waals surface area contributed by atoms with E-state index in [2.05, 4.69) is 50.6 Å². The van der Waals surface area contributed by atoms with Gasteiger partial charge in [-0.05, 0) is 18.1 Å². The molecule has 0 heteroatoms. The highest BCUT2D eigenvalue weighted by Crippen LogP contribution is 2.31. The van der Waals surface area contributed by atoms with Crippen LogP contribution in [0.1, 0.15) is 30.9 Å². The predicted octanol–water partition coefficient (Wildman–Crippen LogP) is 3.30. The van der Waals surface area contributed by atoms with Crippen molar-refractivity contribution in [1.82, 2.24) is 0 Å². The molecule has 0 heterocycles. The normalized spacial score (nSPS) is 21.5. The number of allylic oxidation sites excluding steroid dienone is 2. The third-order valence-electron chi connectivity index (χ3n) is 2.67. The zero-order valence-corrected chi connectivity index (χ0v) is 7.54. The van der Waals surface area contributed by atoms with E-state index in [1.54, 1.807) is 0 Å². The molecule has 0 spiro atoms. The summed E-state index contributed by atoms with van der Waals surface area (Å²) in [5.74, 6) is 0.589. The van der Waals surface area contributed by atoms with Gasteiger partial charge in [0, 0.05) is 12.3 Å². The first kappa shape index (κ1) is 7.60. The maximum absolute atomic E-state index is 2.26. The second-order valence-corrected chi connectivity index (χ2v) is 3.43. The van der Waals surface area contributed by atoms with Crippen LogP contribution >= 0.6 is 0 Å². The van der Waals surface area contributed by atoms with Crippen molar-refractivity contribution >= 4 is 0 Å². The number of hydrogen-bond donors (Lipinski definition) is 0. The molecule has 12 heavy (non-hydrogen) atoms. The lowest BCUT2D eigenvalue weighted by Crippen LogP contribution is -2.04. The Morgan fingerprint density at radius 2 is 1.92 bits per heavy atom. The van der Waals surface area contributed by atoms with Crippen LogP contribution < -0.4 is 0 Å². The maximum atomic E-state index is 2.26. The Balaban J connectivity index is 2.49. The molecule has 1 aromatic rings. The van der Waals surface area contributed by atoms with Gasteiger partial charge in [-0.3, -0.25) is 0 Å². The summed E-state index contributed by atoms with van der Waals surface area (Å²) in [6.45, 7) is 4.45. The highest BCUT2D eigenvalue weighted by molar-refractivity contribution is 5.46. The molecule has 0 nitrogen and oxygen atoms in total. The molecule has 0 saturated heterocycles. The van der Waals surface area contributed by atoms with Crippen molar-refractivity contribution in [2.45, 2.75) is 19.8 Å². The van der Waals surface area contributed by atoms with Gasteiger partial charge in [0.2, 0.25) is 0 Å². The molecule has 0 saturated carbocycles. The first-order chi connectivity index (χ1) is 5.79. The Hall–Kier alpha value is -1.04. The molecule has 1 radical (unpaired) electrons. The Bertz CT molecular complexity index is 321. The van der Waals surface area contributed by atoms with Crippen molar-refractivity contribution in [3.63, 3.8) is 0 Å². The summed E-state index contributed by atoms with van der Waals surface area (Å²) in [5.41, 5.74) is 4.28. The molecule has 1 unspecified atom stereocenters. The Labute approximate surface area is 73.9 Å².